The summed E-state index contributed by atoms with van der Waals surface area (Å²) in [6.07, 6.45) is 3.87. The molecule has 1 aromatic carbocycles. The number of imidazole rings is 1. The second kappa shape index (κ2) is 4.63. The van der Waals surface area contributed by atoms with Gasteiger partial charge >= 0.3 is 5.69 Å². The average molecular weight is 295 g/mol. The Hall–Kier alpha value is -2.23. The summed E-state index contributed by atoms with van der Waals surface area (Å²) in [5.41, 5.74) is 5.15. The normalized spacial score (nSPS) is 16.8. The fourth-order valence-electron chi connectivity index (χ4n) is 4.02. The fourth-order valence-corrected chi connectivity index (χ4v) is 4.02. The van der Waals surface area contributed by atoms with Gasteiger partial charge in [-0.1, -0.05) is 25.1 Å². The summed E-state index contributed by atoms with van der Waals surface area (Å²) >= 11 is 0. The molecule has 0 spiro atoms. The fraction of sp³-hybridized carbons (Fsp3) is 0.389. The lowest BCUT2D eigenvalue weighted by atomic mass is 9.98. The first-order valence-corrected chi connectivity index (χ1v) is 8.00. The third kappa shape index (κ3) is 1.61. The smallest absolute Gasteiger partial charge is 0.328 e. The first-order valence-electron chi connectivity index (χ1n) is 8.00. The van der Waals surface area contributed by atoms with Crippen LogP contribution in [0.4, 0.5) is 0 Å². The number of aryl methyl sites for hydroxylation is 2. The Morgan fingerprint density at radius 2 is 2.05 bits per heavy atom. The highest BCUT2D eigenvalue weighted by molar-refractivity contribution is 5.86. The number of aromatic nitrogens is 3. The van der Waals surface area contributed by atoms with Crippen molar-refractivity contribution in [3.05, 3.63) is 57.9 Å². The quantitative estimate of drug-likeness (QED) is 0.715. The van der Waals surface area contributed by atoms with E-state index in [1.807, 2.05) is 15.3 Å². The lowest BCUT2D eigenvalue weighted by molar-refractivity contribution is 0.522. The molecule has 4 rings (SSSR count). The van der Waals surface area contributed by atoms with E-state index in [9.17, 15) is 4.79 Å². The molecule has 0 bridgehead atoms. The molecule has 1 aliphatic heterocycles. The summed E-state index contributed by atoms with van der Waals surface area (Å²) in [4.78, 5) is 12.7. The van der Waals surface area contributed by atoms with Gasteiger partial charge in [0.2, 0.25) is 0 Å². The molecular formula is C18H21N3O. The van der Waals surface area contributed by atoms with Crippen LogP contribution in [0.2, 0.25) is 0 Å². The van der Waals surface area contributed by atoms with Crippen molar-refractivity contribution in [3.63, 3.8) is 0 Å². The zero-order valence-corrected chi connectivity index (χ0v) is 13.3. The maximum Gasteiger partial charge on any atom is 0.328 e. The number of rotatable bonds is 2. The van der Waals surface area contributed by atoms with Crippen LogP contribution in [0, 0.1) is 0 Å². The van der Waals surface area contributed by atoms with Gasteiger partial charge in [-0.25, -0.2) is 4.79 Å². The Morgan fingerprint density at radius 1 is 1.27 bits per heavy atom. The van der Waals surface area contributed by atoms with E-state index >= 15 is 0 Å². The van der Waals surface area contributed by atoms with Crippen LogP contribution in [-0.4, -0.2) is 13.7 Å². The van der Waals surface area contributed by atoms with E-state index in [0.717, 1.165) is 25.1 Å². The van der Waals surface area contributed by atoms with Gasteiger partial charge in [0.1, 0.15) is 0 Å². The third-order valence-electron chi connectivity index (χ3n) is 4.93. The monoisotopic (exact) mass is 295 g/mol. The summed E-state index contributed by atoms with van der Waals surface area (Å²) in [5.74, 6) is 0. The maximum absolute atomic E-state index is 12.7. The van der Waals surface area contributed by atoms with Crippen molar-refractivity contribution in [1.29, 1.82) is 0 Å². The minimum atomic E-state index is 0.0850. The molecule has 0 N–H and O–H groups in total. The zero-order chi connectivity index (χ0) is 15.4. The molecule has 1 aliphatic rings. The van der Waals surface area contributed by atoms with Crippen LogP contribution < -0.4 is 5.69 Å². The van der Waals surface area contributed by atoms with E-state index in [1.54, 1.807) is 0 Å². The minimum absolute atomic E-state index is 0.0850. The predicted octanol–water partition coefficient (Wildman–Crippen LogP) is 3.07. The maximum atomic E-state index is 12.7. The summed E-state index contributed by atoms with van der Waals surface area (Å²) in [7, 11) is 2.11. The molecule has 114 valence electrons. The van der Waals surface area contributed by atoms with Crippen LogP contribution in [0.25, 0.3) is 10.9 Å². The molecule has 0 saturated heterocycles. The topological polar surface area (TPSA) is 31.9 Å². The van der Waals surface area contributed by atoms with E-state index in [2.05, 4.69) is 49.7 Å². The Bertz CT molecular complexity index is 926. The number of hydrogen-bond acceptors (Lipinski definition) is 1. The standard InChI is InChI=1S/C18H21N3O/c1-4-9-20-11-13-10-15-14-7-5-6-8-16(14)19(3)17(15)12(2)21(13)18(20)22/h5-8,11-12H,4,9-10H2,1-3H3. The van der Waals surface area contributed by atoms with E-state index in [0.29, 0.717) is 0 Å². The Labute approximate surface area is 129 Å². The van der Waals surface area contributed by atoms with Crippen molar-refractivity contribution in [2.45, 2.75) is 39.3 Å². The van der Waals surface area contributed by atoms with E-state index in [4.69, 9.17) is 0 Å². The average Bonchev–Trinajstić information content (AvgIpc) is 2.98. The number of benzene rings is 1. The zero-order valence-electron chi connectivity index (χ0n) is 13.3. The molecule has 0 amide bonds. The molecule has 1 unspecified atom stereocenters. The number of nitrogens with zero attached hydrogens (tertiary/aromatic N) is 3. The number of hydrogen-bond donors (Lipinski definition) is 0. The van der Waals surface area contributed by atoms with Crippen molar-refractivity contribution in [2.75, 3.05) is 0 Å². The summed E-state index contributed by atoms with van der Waals surface area (Å²) in [5, 5.41) is 1.31. The second-order valence-electron chi connectivity index (χ2n) is 6.26. The Balaban J connectivity index is 1.97. The molecular weight excluding hydrogens is 274 g/mol. The van der Waals surface area contributed by atoms with Crippen molar-refractivity contribution < 1.29 is 0 Å². The molecule has 0 radical (unpaired) electrons. The van der Waals surface area contributed by atoms with Gasteiger partial charge in [-0.15, -0.1) is 0 Å². The van der Waals surface area contributed by atoms with Crippen LogP contribution in [0.1, 0.15) is 43.3 Å². The van der Waals surface area contributed by atoms with Crippen LogP contribution in [0.5, 0.6) is 0 Å². The largest absolute Gasteiger partial charge is 0.346 e. The molecule has 2 aromatic heterocycles. The minimum Gasteiger partial charge on any atom is -0.346 e. The van der Waals surface area contributed by atoms with E-state index < -0.39 is 0 Å². The van der Waals surface area contributed by atoms with Gasteiger partial charge in [0.25, 0.3) is 0 Å². The molecule has 4 nitrogen and oxygen atoms in total. The van der Waals surface area contributed by atoms with Gasteiger partial charge in [-0.3, -0.25) is 9.13 Å². The summed E-state index contributed by atoms with van der Waals surface area (Å²) < 4.78 is 6.08. The first kappa shape index (κ1) is 13.4. The highest BCUT2D eigenvalue weighted by atomic mass is 16.1. The van der Waals surface area contributed by atoms with Gasteiger partial charge in [-0.05, 0) is 25.0 Å². The second-order valence-corrected chi connectivity index (χ2v) is 6.26. The SMILES string of the molecule is CCCn1cc2n(c1=O)C(C)c1c(c3ccccc3n1C)C2. The molecule has 3 heterocycles. The predicted molar refractivity (Wildman–Crippen MR) is 88.5 cm³/mol. The molecule has 22 heavy (non-hydrogen) atoms. The van der Waals surface area contributed by atoms with Gasteiger partial charge in [0, 0.05) is 48.5 Å². The third-order valence-corrected chi connectivity index (χ3v) is 4.93. The van der Waals surface area contributed by atoms with Crippen LogP contribution in [0.3, 0.4) is 0 Å². The molecule has 0 fully saturated rings. The van der Waals surface area contributed by atoms with E-state index in [-0.39, 0.29) is 11.7 Å². The van der Waals surface area contributed by atoms with Crippen LogP contribution >= 0.6 is 0 Å². The highest BCUT2D eigenvalue weighted by Gasteiger charge is 2.29. The lowest BCUT2D eigenvalue weighted by Crippen LogP contribution is -2.31. The van der Waals surface area contributed by atoms with Gasteiger partial charge in [0.05, 0.1) is 6.04 Å². The molecule has 0 saturated carbocycles. The Kier molecular flexibility index (Phi) is 2.83. The first-order chi connectivity index (χ1) is 10.6. The highest BCUT2D eigenvalue weighted by Crippen LogP contribution is 2.36. The van der Waals surface area contributed by atoms with Gasteiger partial charge in [-0.2, -0.15) is 0 Å². The summed E-state index contributed by atoms with van der Waals surface area (Å²) in [6, 6.07) is 8.61. The van der Waals surface area contributed by atoms with E-state index in [1.165, 1.54) is 22.2 Å². The van der Waals surface area contributed by atoms with Crippen molar-refractivity contribution in [1.82, 2.24) is 13.7 Å². The van der Waals surface area contributed by atoms with Gasteiger partial charge in [0.15, 0.2) is 0 Å². The molecule has 3 aromatic rings. The molecule has 1 atom stereocenters. The Morgan fingerprint density at radius 3 is 2.82 bits per heavy atom. The van der Waals surface area contributed by atoms with Crippen LogP contribution in [0.15, 0.2) is 35.3 Å². The lowest BCUT2D eigenvalue weighted by Gasteiger charge is -2.23. The number of fused-ring (bicyclic) bond motifs is 4. The molecule has 0 aliphatic carbocycles. The number of para-hydroxylation sites is 1. The van der Waals surface area contributed by atoms with Gasteiger partial charge < -0.3 is 4.57 Å². The van der Waals surface area contributed by atoms with Crippen molar-refractivity contribution in [3.8, 4) is 0 Å². The summed E-state index contributed by atoms with van der Waals surface area (Å²) in [6.45, 7) is 5.04. The van der Waals surface area contributed by atoms with Crippen molar-refractivity contribution in [2.24, 2.45) is 7.05 Å². The molecule has 4 heteroatoms. The van der Waals surface area contributed by atoms with Crippen molar-refractivity contribution >= 4 is 10.9 Å². The van der Waals surface area contributed by atoms with Crippen LogP contribution in [-0.2, 0) is 20.0 Å².